The van der Waals surface area contributed by atoms with E-state index in [-0.39, 0.29) is 22.5 Å². The number of hydrogen-bond acceptors (Lipinski definition) is 1. The molecule has 0 aliphatic rings. The molecule has 0 fully saturated rings. The summed E-state index contributed by atoms with van der Waals surface area (Å²) in [5.74, 6) is 0. The van der Waals surface area contributed by atoms with Gasteiger partial charge in [0.05, 0.1) is 0 Å². The van der Waals surface area contributed by atoms with Gasteiger partial charge in [-0.2, -0.15) is 0 Å². The van der Waals surface area contributed by atoms with Gasteiger partial charge in [-0.1, -0.05) is 6.08 Å². The molecule has 0 rings (SSSR count). The van der Waals surface area contributed by atoms with E-state index in [1.807, 2.05) is 19.9 Å². The Labute approximate surface area is 68.1 Å². The van der Waals surface area contributed by atoms with Gasteiger partial charge in [-0.3, -0.25) is 0 Å². The first-order valence-corrected chi connectivity index (χ1v) is 2.96. The zero-order chi connectivity index (χ0) is 6.62. The molecule has 2 N–H and O–H groups in total. The zero-order valence-corrected chi connectivity index (χ0v) is 7.90. The summed E-state index contributed by atoms with van der Waals surface area (Å²) in [5, 5.41) is 0. The quantitative estimate of drug-likeness (QED) is 0.685. The highest BCUT2D eigenvalue weighted by atomic mass is 79.9. The standard InChI is InChI=1S/C7H15N.BrH/c1-4-5-6-7(2,3)8;/h4H,1,5-6,8H2,2-3H3;1H. The maximum atomic E-state index is 5.67. The fourth-order valence-electron chi connectivity index (χ4n) is 0.474. The maximum absolute atomic E-state index is 5.67. The van der Waals surface area contributed by atoms with Crippen LogP contribution in [0.3, 0.4) is 0 Å². The van der Waals surface area contributed by atoms with Crippen molar-refractivity contribution < 1.29 is 0 Å². The minimum absolute atomic E-state index is 0. The Morgan fingerprint density at radius 1 is 1.56 bits per heavy atom. The molecule has 0 saturated heterocycles. The Morgan fingerprint density at radius 3 is 2.11 bits per heavy atom. The highest BCUT2D eigenvalue weighted by Gasteiger charge is 2.07. The highest BCUT2D eigenvalue weighted by molar-refractivity contribution is 8.93. The SMILES string of the molecule is Br.C=CCCC(C)(C)N. The van der Waals surface area contributed by atoms with Crippen molar-refractivity contribution in [3.05, 3.63) is 12.7 Å². The largest absolute Gasteiger partial charge is 0.326 e. The second kappa shape index (κ2) is 5.00. The molecular weight excluding hydrogens is 178 g/mol. The van der Waals surface area contributed by atoms with Crippen molar-refractivity contribution in [3.8, 4) is 0 Å². The zero-order valence-electron chi connectivity index (χ0n) is 6.18. The van der Waals surface area contributed by atoms with Crippen molar-refractivity contribution in [1.29, 1.82) is 0 Å². The van der Waals surface area contributed by atoms with E-state index in [1.165, 1.54) is 0 Å². The van der Waals surface area contributed by atoms with Crippen LogP contribution in [0.5, 0.6) is 0 Å². The van der Waals surface area contributed by atoms with Crippen molar-refractivity contribution in [2.24, 2.45) is 5.73 Å². The molecule has 9 heavy (non-hydrogen) atoms. The molecule has 0 radical (unpaired) electrons. The lowest BCUT2D eigenvalue weighted by Crippen LogP contribution is -2.31. The van der Waals surface area contributed by atoms with Gasteiger partial charge in [0, 0.05) is 5.54 Å². The Morgan fingerprint density at radius 2 is 2.00 bits per heavy atom. The minimum Gasteiger partial charge on any atom is -0.326 e. The van der Waals surface area contributed by atoms with Crippen LogP contribution in [0.1, 0.15) is 26.7 Å². The molecule has 0 atom stereocenters. The molecule has 0 aromatic carbocycles. The third-order valence-electron chi connectivity index (χ3n) is 0.993. The monoisotopic (exact) mass is 193 g/mol. The molecule has 0 unspecified atom stereocenters. The lowest BCUT2D eigenvalue weighted by atomic mass is 10.0. The summed E-state index contributed by atoms with van der Waals surface area (Å²) in [7, 11) is 0. The molecule has 0 spiro atoms. The van der Waals surface area contributed by atoms with Crippen molar-refractivity contribution in [2.75, 3.05) is 0 Å². The molecule has 1 nitrogen and oxygen atoms in total. The van der Waals surface area contributed by atoms with E-state index in [1.54, 1.807) is 0 Å². The summed E-state index contributed by atoms with van der Waals surface area (Å²) in [6, 6.07) is 0. The van der Waals surface area contributed by atoms with Crippen LogP contribution in [0.2, 0.25) is 0 Å². The highest BCUT2D eigenvalue weighted by Crippen LogP contribution is 2.05. The topological polar surface area (TPSA) is 26.0 Å². The molecule has 0 aliphatic heterocycles. The van der Waals surface area contributed by atoms with Gasteiger partial charge in [0.15, 0.2) is 0 Å². The van der Waals surface area contributed by atoms with E-state index in [2.05, 4.69) is 6.58 Å². The molecule has 0 aromatic rings. The Kier molecular flexibility index (Phi) is 6.62. The van der Waals surface area contributed by atoms with E-state index in [9.17, 15) is 0 Å². The van der Waals surface area contributed by atoms with Crippen LogP contribution in [-0.4, -0.2) is 5.54 Å². The number of nitrogens with two attached hydrogens (primary N) is 1. The average Bonchev–Trinajstić information content (AvgIpc) is 1.59. The Balaban J connectivity index is 0. The van der Waals surface area contributed by atoms with Gasteiger partial charge >= 0.3 is 0 Å². The maximum Gasteiger partial charge on any atom is 0.01000 e. The van der Waals surface area contributed by atoms with Gasteiger partial charge in [-0.05, 0) is 26.7 Å². The van der Waals surface area contributed by atoms with Crippen LogP contribution < -0.4 is 5.73 Å². The van der Waals surface area contributed by atoms with Gasteiger partial charge < -0.3 is 5.73 Å². The van der Waals surface area contributed by atoms with Crippen LogP contribution >= 0.6 is 17.0 Å². The third-order valence-corrected chi connectivity index (χ3v) is 0.993. The summed E-state index contributed by atoms with van der Waals surface area (Å²) >= 11 is 0. The van der Waals surface area contributed by atoms with Crippen molar-refractivity contribution in [2.45, 2.75) is 32.2 Å². The first-order valence-electron chi connectivity index (χ1n) is 2.96. The molecule has 0 bridgehead atoms. The van der Waals surface area contributed by atoms with Crippen molar-refractivity contribution in [1.82, 2.24) is 0 Å². The van der Waals surface area contributed by atoms with Gasteiger partial charge in [-0.15, -0.1) is 23.6 Å². The van der Waals surface area contributed by atoms with E-state index in [0.29, 0.717) is 0 Å². The first-order chi connectivity index (χ1) is 3.56. The molecule has 56 valence electrons. The normalized spacial score (nSPS) is 10.1. The summed E-state index contributed by atoms with van der Waals surface area (Å²) in [6.45, 7) is 7.66. The van der Waals surface area contributed by atoms with Gasteiger partial charge in [0.1, 0.15) is 0 Å². The number of halogens is 1. The second-order valence-electron chi connectivity index (χ2n) is 2.82. The summed E-state index contributed by atoms with van der Waals surface area (Å²) in [4.78, 5) is 0. The van der Waals surface area contributed by atoms with E-state index >= 15 is 0 Å². The van der Waals surface area contributed by atoms with Gasteiger partial charge in [0.2, 0.25) is 0 Å². The molecule has 0 heterocycles. The lowest BCUT2D eigenvalue weighted by molar-refractivity contribution is 0.481. The van der Waals surface area contributed by atoms with Crippen LogP contribution in [0, 0.1) is 0 Å². The first kappa shape index (κ1) is 11.9. The van der Waals surface area contributed by atoms with Crippen molar-refractivity contribution in [3.63, 3.8) is 0 Å². The minimum atomic E-state index is -0.0197. The molecule has 2 heteroatoms. The van der Waals surface area contributed by atoms with E-state index in [0.717, 1.165) is 12.8 Å². The van der Waals surface area contributed by atoms with Crippen LogP contribution in [0.25, 0.3) is 0 Å². The summed E-state index contributed by atoms with van der Waals surface area (Å²) in [6.07, 6.45) is 3.94. The lowest BCUT2D eigenvalue weighted by Gasteiger charge is -2.15. The number of allylic oxidation sites excluding steroid dienone is 1. The summed E-state index contributed by atoms with van der Waals surface area (Å²) < 4.78 is 0. The second-order valence-corrected chi connectivity index (χ2v) is 2.82. The number of rotatable bonds is 3. The van der Waals surface area contributed by atoms with Gasteiger partial charge in [-0.25, -0.2) is 0 Å². The van der Waals surface area contributed by atoms with Gasteiger partial charge in [0.25, 0.3) is 0 Å². The molecule has 0 saturated carbocycles. The predicted molar refractivity (Wildman–Crippen MR) is 48.0 cm³/mol. The fraction of sp³-hybridized carbons (Fsp3) is 0.714. The summed E-state index contributed by atoms with van der Waals surface area (Å²) in [5.41, 5.74) is 5.65. The fourth-order valence-corrected chi connectivity index (χ4v) is 0.474. The van der Waals surface area contributed by atoms with Crippen LogP contribution in [0.15, 0.2) is 12.7 Å². The third kappa shape index (κ3) is 11.6. The Bertz CT molecular complexity index is 73.5. The Hall–Kier alpha value is 0.180. The van der Waals surface area contributed by atoms with Crippen LogP contribution in [0.4, 0.5) is 0 Å². The predicted octanol–water partition coefficient (Wildman–Crippen LogP) is 2.27. The molecule has 0 aliphatic carbocycles. The molecule has 0 amide bonds. The average molecular weight is 194 g/mol. The smallest absolute Gasteiger partial charge is 0.01000 e. The van der Waals surface area contributed by atoms with E-state index in [4.69, 9.17) is 5.73 Å². The molecular formula is C7H16BrN. The van der Waals surface area contributed by atoms with Crippen LogP contribution in [-0.2, 0) is 0 Å². The molecule has 0 aromatic heterocycles. The van der Waals surface area contributed by atoms with Crippen molar-refractivity contribution >= 4 is 17.0 Å². The number of hydrogen-bond donors (Lipinski definition) is 1. The van der Waals surface area contributed by atoms with E-state index < -0.39 is 0 Å².